The number of nitro benzene ring substituents is 1. The largest absolute Gasteiger partial charge is 0.618 e. The molecule has 0 saturated carbocycles. The molecular weight excluding hydrogens is 482 g/mol. The molecule has 0 radical (unpaired) electrons. The summed E-state index contributed by atoms with van der Waals surface area (Å²) in [5, 5.41) is 24.0. The molecule has 3 aromatic rings. The Morgan fingerprint density at radius 1 is 1.05 bits per heavy atom. The van der Waals surface area contributed by atoms with Crippen molar-refractivity contribution >= 4 is 22.7 Å². The van der Waals surface area contributed by atoms with Crippen molar-refractivity contribution < 1.29 is 33.4 Å². The number of nitrogens with zero attached hydrogens (tertiary/aromatic N) is 3. The maximum atomic E-state index is 12.6. The van der Waals surface area contributed by atoms with E-state index in [4.69, 9.17) is 18.9 Å². The van der Waals surface area contributed by atoms with Crippen LogP contribution in [-0.4, -0.2) is 47.8 Å². The molecule has 0 atom stereocenters. The van der Waals surface area contributed by atoms with Crippen molar-refractivity contribution in [3.63, 3.8) is 0 Å². The lowest BCUT2D eigenvalue weighted by Crippen LogP contribution is -2.44. The first-order chi connectivity index (χ1) is 17.5. The van der Waals surface area contributed by atoms with Crippen molar-refractivity contribution in [2.75, 3.05) is 20.2 Å². The predicted molar refractivity (Wildman–Crippen MR) is 134 cm³/mol. The Morgan fingerprint density at radius 3 is 2.32 bits per heavy atom. The minimum absolute atomic E-state index is 0.0527. The molecule has 0 aliphatic carbocycles. The maximum Gasteiger partial charge on any atom is 0.410 e. The van der Waals surface area contributed by atoms with Crippen LogP contribution in [0.3, 0.4) is 0 Å². The summed E-state index contributed by atoms with van der Waals surface area (Å²) in [5.41, 5.74) is -0.304. The Balaban J connectivity index is 1.52. The first-order valence-electron chi connectivity index (χ1n) is 11.8. The first-order valence-corrected chi connectivity index (χ1v) is 11.8. The van der Waals surface area contributed by atoms with Crippen LogP contribution in [0, 0.1) is 15.3 Å². The Labute approximate surface area is 213 Å². The summed E-state index contributed by atoms with van der Waals surface area (Å²) in [5.74, 6) is 1.59. The highest BCUT2D eigenvalue weighted by atomic mass is 16.6. The van der Waals surface area contributed by atoms with Gasteiger partial charge < -0.3 is 29.1 Å². The van der Waals surface area contributed by atoms with E-state index in [1.54, 1.807) is 17.0 Å². The van der Waals surface area contributed by atoms with E-state index < -0.39 is 10.5 Å². The van der Waals surface area contributed by atoms with Gasteiger partial charge in [0.2, 0.25) is 5.52 Å². The van der Waals surface area contributed by atoms with Gasteiger partial charge in [-0.25, -0.2) is 4.79 Å². The van der Waals surface area contributed by atoms with Crippen molar-refractivity contribution in [1.29, 1.82) is 0 Å². The van der Waals surface area contributed by atoms with Crippen LogP contribution in [0.25, 0.3) is 10.9 Å². The fourth-order valence-electron chi connectivity index (χ4n) is 4.00. The molecule has 1 aliphatic heterocycles. The number of carbonyl (C=O) groups excluding carboxylic acids is 1. The average molecular weight is 512 g/mol. The molecule has 4 rings (SSSR count). The number of hydrogen-bond donors (Lipinski definition) is 0. The molecule has 0 unspecified atom stereocenters. The van der Waals surface area contributed by atoms with Gasteiger partial charge in [-0.2, -0.15) is 4.73 Å². The van der Waals surface area contributed by atoms with E-state index in [9.17, 15) is 20.1 Å². The summed E-state index contributed by atoms with van der Waals surface area (Å²) in [4.78, 5) is 24.4. The fourth-order valence-corrected chi connectivity index (χ4v) is 4.00. The molecular formula is C26H29N3O8. The number of benzene rings is 2. The topological polar surface area (TPSA) is 127 Å². The van der Waals surface area contributed by atoms with E-state index in [1.807, 2.05) is 20.8 Å². The number of amides is 1. The fraction of sp³-hybridized carbons (Fsp3) is 0.385. The molecule has 196 valence electrons. The van der Waals surface area contributed by atoms with Crippen molar-refractivity contribution in [3.05, 3.63) is 64.0 Å². The monoisotopic (exact) mass is 511 g/mol. The number of ether oxygens (including phenoxy) is 4. The summed E-state index contributed by atoms with van der Waals surface area (Å²) in [6, 6.07) is 10.4. The lowest BCUT2D eigenvalue weighted by Gasteiger charge is -2.33. The molecule has 2 heterocycles. The molecule has 37 heavy (non-hydrogen) atoms. The highest BCUT2D eigenvalue weighted by Crippen LogP contribution is 2.38. The van der Waals surface area contributed by atoms with Gasteiger partial charge in [0.25, 0.3) is 5.69 Å². The molecule has 0 bridgehead atoms. The second kappa shape index (κ2) is 10.4. The summed E-state index contributed by atoms with van der Waals surface area (Å²) in [7, 11) is 1.50. The van der Waals surface area contributed by atoms with E-state index in [-0.39, 0.29) is 17.9 Å². The van der Waals surface area contributed by atoms with Gasteiger partial charge in [-0.15, -0.1) is 0 Å². The van der Waals surface area contributed by atoms with Gasteiger partial charge in [0.05, 0.1) is 23.5 Å². The quantitative estimate of drug-likeness (QED) is 0.197. The molecule has 1 saturated heterocycles. The van der Waals surface area contributed by atoms with Crippen LogP contribution in [0.15, 0.2) is 48.7 Å². The summed E-state index contributed by atoms with van der Waals surface area (Å²) in [6.45, 7) is 6.47. The highest BCUT2D eigenvalue weighted by Gasteiger charge is 2.28. The number of pyridine rings is 1. The van der Waals surface area contributed by atoms with Gasteiger partial charge in [0, 0.05) is 50.2 Å². The van der Waals surface area contributed by atoms with Crippen LogP contribution >= 0.6 is 0 Å². The first kappa shape index (κ1) is 25.8. The van der Waals surface area contributed by atoms with Gasteiger partial charge in [0.15, 0.2) is 17.7 Å². The van der Waals surface area contributed by atoms with Gasteiger partial charge in [-0.3, -0.25) is 10.1 Å². The molecule has 2 aromatic carbocycles. The maximum absolute atomic E-state index is 12.6. The van der Waals surface area contributed by atoms with Crippen molar-refractivity contribution in [2.45, 2.75) is 45.3 Å². The van der Waals surface area contributed by atoms with E-state index in [1.165, 1.54) is 43.6 Å². The molecule has 11 heteroatoms. The SMILES string of the molecule is COc1cc2c(Oc3ccc([N+](=O)[O-])cc3)cc[n+]([O-])c2cc1OC1CCN(C(=O)OC(C)(C)C)CC1. The third-order valence-corrected chi connectivity index (χ3v) is 5.81. The Morgan fingerprint density at radius 2 is 1.73 bits per heavy atom. The second-order valence-corrected chi connectivity index (χ2v) is 9.66. The van der Waals surface area contributed by atoms with Crippen LogP contribution in [-0.2, 0) is 4.74 Å². The number of non-ortho nitro benzene ring substituents is 1. The van der Waals surface area contributed by atoms with E-state index in [2.05, 4.69) is 0 Å². The van der Waals surface area contributed by atoms with E-state index >= 15 is 0 Å². The van der Waals surface area contributed by atoms with Crippen molar-refractivity contribution in [1.82, 2.24) is 4.90 Å². The molecule has 1 aliphatic rings. The number of piperidine rings is 1. The number of methoxy groups -OCH3 is 1. The Kier molecular flexibility index (Phi) is 7.23. The zero-order valence-corrected chi connectivity index (χ0v) is 21.1. The number of carbonyl (C=O) groups is 1. The number of fused-ring (bicyclic) bond motifs is 1. The van der Waals surface area contributed by atoms with Crippen LogP contribution in [0.1, 0.15) is 33.6 Å². The lowest BCUT2D eigenvalue weighted by molar-refractivity contribution is -0.577. The number of likely N-dealkylation sites (tertiary alicyclic amines) is 1. The summed E-state index contributed by atoms with van der Waals surface area (Å²) in [6.07, 6.45) is 1.99. The Bertz CT molecular complexity index is 1300. The van der Waals surface area contributed by atoms with Gasteiger partial charge in [-0.05, 0) is 32.9 Å². The summed E-state index contributed by atoms with van der Waals surface area (Å²) >= 11 is 0. The minimum atomic E-state index is -0.558. The van der Waals surface area contributed by atoms with Gasteiger partial charge in [0.1, 0.15) is 23.2 Å². The molecule has 1 amide bonds. The average Bonchev–Trinajstić information content (AvgIpc) is 2.85. The van der Waals surface area contributed by atoms with E-state index in [0.29, 0.717) is 64.6 Å². The third kappa shape index (κ3) is 6.11. The van der Waals surface area contributed by atoms with Gasteiger partial charge in [-0.1, -0.05) is 0 Å². The minimum Gasteiger partial charge on any atom is -0.618 e. The highest BCUT2D eigenvalue weighted by molar-refractivity contribution is 5.86. The third-order valence-electron chi connectivity index (χ3n) is 5.81. The Hall–Kier alpha value is -4.28. The normalized spacial score (nSPS) is 14.3. The second-order valence-electron chi connectivity index (χ2n) is 9.66. The van der Waals surface area contributed by atoms with Crippen molar-refractivity contribution in [3.8, 4) is 23.0 Å². The standard InChI is InChI=1S/C26H29N3O8/c1-26(2,3)37-25(30)27-12-9-19(10-13-27)36-24-16-21-20(15-23(24)34-4)22(11-14-28(21)31)35-18-7-5-17(6-8-18)29(32)33/h5-8,11,14-16,19H,9-10,12-13H2,1-4H3. The van der Waals surface area contributed by atoms with Crippen LogP contribution < -0.4 is 18.9 Å². The molecule has 0 N–H and O–H groups in total. The van der Waals surface area contributed by atoms with Crippen LogP contribution in [0.2, 0.25) is 0 Å². The number of hydrogen-bond acceptors (Lipinski definition) is 8. The zero-order chi connectivity index (χ0) is 26.7. The molecule has 0 spiro atoms. The predicted octanol–water partition coefficient (Wildman–Crippen LogP) is 4.96. The smallest absolute Gasteiger partial charge is 0.410 e. The van der Waals surface area contributed by atoms with Gasteiger partial charge >= 0.3 is 6.09 Å². The van der Waals surface area contributed by atoms with Crippen molar-refractivity contribution in [2.24, 2.45) is 0 Å². The zero-order valence-electron chi connectivity index (χ0n) is 21.1. The molecule has 1 fully saturated rings. The molecule has 11 nitrogen and oxygen atoms in total. The number of nitro groups is 1. The van der Waals surface area contributed by atoms with Crippen LogP contribution in [0.5, 0.6) is 23.0 Å². The molecule has 1 aromatic heterocycles. The lowest BCUT2D eigenvalue weighted by atomic mass is 10.1. The van der Waals surface area contributed by atoms with Crippen LogP contribution in [0.4, 0.5) is 10.5 Å². The summed E-state index contributed by atoms with van der Waals surface area (Å²) < 4.78 is 23.8. The van der Waals surface area contributed by atoms with E-state index in [0.717, 1.165) is 0 Å². The number of aromatic nitrogens is 1. The number of rotatable bonds is 6.